The molecule has 0 unspecified atom stereocenters. The number of hydrogen-bond donors (Lipinski definition) is 2. The fourth-order valence-corrected chi connectivity index (χ4v) is 2.96. The van der Waals surface area contributed by atoms with E-state index in [4.69, 9.17) is 4.74 Å². The van der Waals surface area contributed by atoms with Gasteiger partial charge in [-0.05, 0) is 56.1 Å². The molecule has 20 heavy (non-hydrogen) atoms. The van der Waals surface area contributed by atoms with E-state index in [0.717, 1.165) is 38.8 Å². The lowest BCUT2D eigenvalue weighted by atomic mass is 9.98. The number of rotatable bonds is 4. The molecule has 0 amide bonds. The first-order chi connectivity index (χ1) is 9.92. The summed E-state index contributed by atoms with van der Waals surface area (Å²) < 4.78 is 5.39. The summed E-state index contributed by atoms with van der Waals surface area (Å²) in [5.41, 5.74) is 2.54. The maximum atomic E-state index is 5.39. The highest BCUT2D eigenvalue weighted by Gasteiger charge is 2.13. The average molecular weight is 275 g/mol. The van der Waals surface area contributed by atoms with Gasteiger partial charge in [-0.1, -0.05) is 0 Å². The van der Waals surface area contributed by atoms with Crippen molar-refractivity contribution in [1.82, 2.24) is 5.32 Å². The van der Waals surface area contributed by atoms with Crippen molar-refractivity contribution in [3.8, 4) is 0 Å². The Balaban J connectivity index is 1.50. The smallest absolute Gasteiger partial charge is 0.0642 e. The minimum absolute atomic E-state index is 0.815. The zero-order valence-corrected chi connectivity index (χ0v) is 12.1. The van der Waals surface area contributed by atoms with E-state index < -0.39 is 0 Å². The summed E-state index contributed by atoms with van der Waals surface area (Å²) in [6.07, 6.45) is 2.58. The van der Waals surface area contributed by atoms with Gasteiger partial charge >= 0.3 is 0 Å². The van der Waals surface area contributed by atoms with Crippen LogP contribution in [0.4, 0.5) is 11.4 Å². The molecule has 3 rings (SSSR count). The second-order valence-corrected chi connectivity index (χ2v) is 5.72. The molecule has 4 heteroatoms. The summed E-state index contributed by atoms with van der Waals surface area (Å²) >= 11 is 0. The van der Waals surface area contributed by atoms with Gasteiger partial charge in [0.1, 0.15) is 0 Å². The number of anilines is 2. The van der Waals surface area contributed by atoms with Gasteiger partial charge in [-0.3, -0.25) is 0 Å². The monoisotopic (exact) mass is 275 g/mol. The Bertz CT molecular complexity index is 395. The van der Waals surface area contributed by atoms with Crippen LogP contribution in [0.3, 0.4) is 0 Å². The normalized spacial score (nSPS) is 20.9. The van der Waals surface area contributed by atoms with Crippen molar-refractivity contribution in [3.05, 3.63) is 24.3 Å². The molecule has 4 nitrogen and oxygen atoms in total. The molecular formula is C16H25N3O. The molecule has 1 aromatic carbocycles. The molecule has 0 radical (unpaired) electrons. The van der Waals surface area contributed by atoms with E-state index in [1.165, 1.54) is 37.3 Å². The summed E-state index contributed by atoms with van der Waals surface area (Å²) in [6.45, 7) is 7.12. The van der Waals surface area contributed by atoms with Crippen LogP contribution < -0.4 is 15.5 Å². The predicted octanol–water partition coefficient (Wildman–Crippen LogP) is 1.93. The third-order valence-corrected chi connectivity index (χ3v) is 4.30. The molecule has 2 N–H and O–H groups in total. The van der Waals surface area contributed by atoms with Gasteiger partial charge in [0.25, 0.3) is 0 Å². The molecule has 0 bridgehead atoms. The van der Waals surface area contributed by atoms with Crippen molar-refractivity contribution in [2.45, 2.75) is 12.8 Å². The molecule has 2 aliphatic rings. The van der Waals surface area contributed by atoms with Crippen molar-refractivity contribution >= 4 is 11.4 Å². The summed E-state index contributed by atoms with van der Waals surface area (Å²) in [5.74, 6) is 0.815. The van der Waals surface area contributed by atoms with Gasteiger partial charge in [-0.25, -0.2) is 0 Å². The highest BCUT2D eigenvalue weighted by atomic mass is 16.5. The van der Waals surface area contributed by atoms with E-state index in [0.29, 0.717) is 0 Å². The molecule has 1 aromatic rings. The van der Waals surface area contributed by atoms with E-state index in [-0.39, 0.29) is 0 Å². The molecule has 2 saturated heterocycles. The average Bonchev–Trinajstić information content (AvgIpc) is 2.55. The van der Waals surface area contributed by atoms with Crippen LogP contribution in [0.5, 0.6) is 0 Å². The number of piperidine rings is 1. The number of nitrogens with zero attached hydrogens (tertiary/aromatic N) is 1. The van der Waals surface area contributed by atoms with Crippen molar-refractivity contribution < 1.29 is 4.74 Å². The Labute approximate surface area is 121 Å². The zero-order chi connectivity index (χ0) is 13.6. The van der Waals surface area contributed by atoms with Gasteiger partial charge in [0.2, 0.25) is 0 Å². The topological polar surface area (TPSA) is 36.5 Å². The fraction of sp³-hybridized carbons (Fsp3) is 0.625. The first-order valence-electron chi connectivity index (χ1n) is 7.79. The number of benzene rings is 1. The fourth-order valence-electron chi connectivity index (χ4n) is 2.96. The number of hydrogen-bond acceptors (Lipinski definition) is 4. The van der Waals surface area contributed by atoms with Gasteiger partial charge in [0, 0.05) is 31.0 Å². The van der Waals surface area contributed by atoms with Gasteiger partial charge in [0.15, 0.2) is 0 Å². The van der Waals surface area contributed by atoms with Crippen LogP contribution in [0, 0.1) is 5.92 Å². The second-order valence-electron chi connectivity index (χ2n) is 5.72. The molecule has 2 aliphatic heterocycles. The molecule has 110 valence electrons. The Morgan fingerprint density at radius 1 is 1.10 bits per heavy atom. The van der Waals surface area contributed by atoms with Crippen LogP contribution in [0.25, 0.3) is 0 Å². The van der Waals surface area contributed by atoms with E-state index in [9.17, 15) is 0 Å². The van der Waals surface area contributed by atoms with E-state index in [2.05, 4.69) is 39.8 Å². The van der Waals surface area contributed by atoms with Crippen molar-refractivity contribution in [1.29, 1.82) is 0 Å². The number of morpholine rings is 1. The van der Waals surface area contributed by atoms with E-state index in [1.807, 2.05) is 0 Å². The molecule has 0 aromatic heterocycles. The SMILES string of the molecule is c1cc(N2CCOCC2)ccc1NCC1CCNCC1. The predicted molar refractivity (Wildman–Crippen MR) is 83.6 cm³/mol. The minimum atomic E-state index is 0.815. The molecule has 0 saturated carbocycles. The maximum absolute atomic E-state index is 5.39. The van der Waals surface area contributed by atoms with Gasteiger partial charge in [0.05, 0.1) is 13.2 Å². The maximum Gasteiger partial charge on any atom is 0.0642 e. The third kappa shape index (κ3) is 3.64. The summed E-state index contributed by atoms with van der Waals surface area (Å²) in [7, 11) is 0. The Morgan fingerprint density at radius 3 is 2.50 bits per heavy atom. The lowest BCUT2D eigenvalue weighted by Crippen LogP contribution is -2.36. The standard InChI is InChI=1S/C16H25N3O/c1-3-16(19-9-11-20-12-10-19)4-2-15(1)18-13-14-5-7-17-8-6-14/h1-4,14,17-18H,5-13H2. The van der Waals surface area contributed by atoms with Crippen LogP contribution in [0.15, 0.2) is 24.3 Å². The number of ether oxygens (including phenoxy) is 1. The quantitative estimate of drug-likeness (QED) is 0.880. The highest BCUT2D eigenvalue weighted by molar-refractivity contribution is 5.55. The minimum Gasteiger partial charge on any atom is -0.385 e. The van der Waals surface area contributed by atoms with Crippen molar-refractivity contribution in [2.24, 2.45) is 5.92 Å². The van der Waals surface area contributed by atoms with Crippen molar-refractivity contribution in [2.75, 3.05) is 56.2 Å². The van der Waals surface area contributed by atoms with Crippen LogP contribution in [0.2, 0.25) is 0 Å². The third-order valence-electron chi connectivity index (χ3n) is 4.30. The first kappa shape index (κ1) is 13.7. The second kappa shape index (κ2) is 6.95. The van der Waals surface area contributed by atoms with Gasteiger partial charge in [-0.2, -0.15) is 0 Å². The Hall–Kier alpha value is -1.26. The van der Waals surface area contributed by atoms with Crippen LogP contribution in [-0.4, -0.2) is 45.9 Å². The Kier molecular flexibility index (Phi) is 4.77. The summed E-state index contributed by atoms with van der Waals surface area (Å²) in [6, 6.07) is 8.84. The summed E-state index contributed by atoms with van der Waals surface area (Å²) in [4.78, 5) is 2.39. The molecule has 0 aliphatic carbocycles. The molecular weight excluding hydrogens is 250 g/mol. The van der Waals surface area contributed by atoms with Crippen LogP contribution in [-0.2, 0) is 4.74 Å². The molecule has 0 spiro atoms. The highest BCUT2D eigenvalue weighted by Crippen LogP contribution is 2.20. The largest absolute Gasteiger partial charge is 0.385 e. The van der Waals surface area contributed by atoms with Crippen molar-refractivity contribution in [3.63, 3.8) is 0 Å². The molecule has 0 atom stereocenters. The first-order valence-corrected chi connectivity index (χ1v) is 7.79. The van der Waals surface area contributed by atoms with Crippen LogP contribution >= 0.6 is 0 Å². The Morgan fingerprint density at radius 2 is 1.80 bits per heavy atom. The van der Waals surface area contributed by atoms with Gasteiger partial charge < -0.3 is 20.3 Å². The van der Waals surface area contributed by atoms with Crippen LogP contribution in [0.1, 0.15) is 12.8 Å². The lowest BCUT2D eigenvalue weighted by Gasteiger charge is -2.29. The van der Waals surface area contributed by atoms with E-state index in [1.54, 1.807) is 0 Å². The molecule has 2 fully saturated rings. The summed E-state index contributed by atoms with van der Waals surface area (Å²) in [5, 5.41) is 6.99. The number of nitrogens with one attached hydrogen (secondary N) is 2. The lowest BCUT2D eigenvalue weighted by molar-refractivity contribution is 0.122. The zero-order valence-electron chi connectivity index (χ0n) is 12.1. The van der Waals surface area contributed by atoms with E-state index >= 15 is 0 Å². The van der Waals surface area contributed by atoms with Gasteiger partial charge in [-0.15, -0.1) is 0 Å². The molecule has 2 heterocycles.